The lowest BCUT2D eigenvalue weighted by Crippen LogP contribution is -2.13. The maximum Gasteiger partial charge on any atom is 0.0269 e. The van der Waals surface area contributed by atoms with Crippen molar-refractivity contribution in [2.24, 2.45) is 0 Å². The Balaban J connectivity index is 2.64. The van der Waals surface area contributed by atoms with Gasteiger partial charge in [-0.15, -0.1) is 0 Å². The first-order valence-corrected chi connectivity index (χ1v) is 4.47. The predicted octanol–water partition coefficient (Wildman–Crippen LogP) is 1.16. The van der Waals surface area contributed by atoms with Crippen molar-refractivity contribution in [2.75, 3.05) is 12.3 Å². The third kappa shape index (κ3) is 1.18. The molecule has 1 aliphatic heterocycles. The largest absolute Gasteiger partial charge is 0.286 e. The molecule has 0 fully saturated rings. The van der Waals surface area contributed by atoms with E-state index >= 15 is 0 Å². The fraction of sp³-hybridized carbons (Fsp3) is 0.750. The van der Waals surface area contributed by atoms with Gasteiger partial charge in [0.15, 0.2) is 0 Å². The van der Waals surface area contributed by atoms with Crippen molar-refractivity contribution in [1.29, 1.82) is 0 Å². The Labute approximate surface area is 50.5 Å². The molecule has 0 aliphatic carbocycles. The minimum atomic E-state index is 0.0602. The lowest BCUT2D eigenvalue weighted by molar-refractivity contribution is 1.01. The Bertz CT molecular complexity index is 98.3. The van der Waals surface area contributed by atoms with E-state index in [9.17, 15) is 0 Å². The van der Waals surface area contributed by atoms with E-state index in [1.165, 1.54) is 4.99 Å². The molecule has 0 saturated heterocycles. The summed E-state index contributed by atoms with van der Waals surface area (Å²) in [6, 6.07) is 0. The zero-order valence-electron chi connectivity index (χ0n) is 4.20. The molecule has 1 aliphatic rings. The molecule has 42 valence electrons. The van der Waals surface area contributed by atoms with E-state index in [0.29, 0.717) is 0 Å². The monoisotopic (exact) mass is 137 g/mol. The maximum atomic E-state index is 5.79. The van der Waals surface area contributed by atoms with Gasteiger partial charge in [0, 0.05) is 17.3 Å². The quantitative estimate of drug-likeness (QED) is 0.495. The third-order valence-corrected chi connectivity index (χ3v) is 3.52. The predicted molar refractivity (Wildman–Crippen MR) is 37.0 cm³/mol. The number of nitrogens with one attached hydrogen (secondary N) is 1. The zero-order valence-corrected chi connectivity index (χ0v) is 5.77. The maximum absolute atomic E-state index is 5.79. The van der Waals surface area contributed by atoms with Crippen molar-refractivity contribution in [3.8, 4) is 0 Å². The Hall–Kier alpha value is 0.470. The van der Waals surface area contributed by atoms with Gasteiger partial charge in [0.1, 0.15) is 0 Å². The molecule has 7 heavy (non-hydrogen) atoms. The lowest BCUT2D eigenvalue weighted by Gasteiger charge is -1.87. The van der Waals surface area contributed by atoms with Gasteiger partial charge in [-0.25, -0.2) is 0 Å². The zero-order chi connectivity index (χ0) is 5.28. The van der Waals surface area contributed by atoms with Crippen molar-refractivity contribution in [3.63, 3.8) is 0 Å². The highest BCUT2D eigenvalue weighted by Gasteiger charge is 2.03. The van der Waals surface area contributed by atoms with Crippen LogP contribution in [0.3, 0.4) is 0 Å². The second kappa shape index (κ2) is 2.16. The first-order chi connectivity index (χ1) is 3.30. The second-order valence-corrected chi connectivity index (χ2v) is 4.32. The van der Waals surface area contributed by atoms with Crippen LogP contribution in [0.2, 0.25) is 0 Å². The summed E-state index contributed by atoms with van der Waals surface area (Å²) in [7, 11) is 5.85. The van der Waals surface area contributed by atoms with E-state index in [0.717, 1.165) is 12.3 Å². The van der Waals surface area contributed by atoms with Gasteiger partial charge in [-0.2, -0.15) is 0 Å². The molecule has 0 aromatic heterocycles. The van der Waals surface area contributed by atoms with E-state index in [4.69, 9.17) is 10.7 Å². The Morgan fingerprint density at radius 2 is 2.57 bits per heavy atom. The van der Waals surface area contributed by atoms with Gasteiger partial charge in [-0.05, 0) is 6.92 Å². The van der Waals surface area contributed by atoms with E-state index in [1.807, 2.05) is 6.92 Å². The van der Waals surface area contributed by atoms with E-state index in [2.05, 4.69) is 5.32 Å². The molecule has 1 atom stereocenters. The first kappa shape index (κ1) is 5.60. The van der Waals surface area contributed by atoms with Crippen LogP contribution in [0.1, 0.15) is 6.92 Å². The minimum absolute atomic E-state index is 0.0602. The van der Waals surface area contributed by atoms with Crippen molar-refractivity contribution >= 4 is 25.4 Å². The molecule has 3 heteroatoms. The van der Waals surface area contributed by atoms with Crippen molar-refractivity contribution in [3.05, 3.63) is 0 Å². The fourth-order valence-corrected chi connectivity index (χ4v) is 1.79. The highest BCUT2D eigenvalue weighted by atomic mass is 35.7. The second-order valence-electron chi connectivity index (χ2n) is 1.52. The summed E-state index contributed by atoms with van der Waals surface area (Å²) in [5.41, 5.74) is 0. The molecule has 0 amide bonds. The smallest absolute Gasteiger partial charge is 0.0269 e. The highest BCUT2D eigenvalue weighted by molar-refractivity contribution is 8.35. The van der Waals surface area contributed by atoms with E-state index in [-0.39, 0.29) is 9.70 Å². The van der Waals surface area contributed by atoms with Gasteiger partial charge in [-0.3, -0.25) is 5.32 Å². The van der Waals surface area contributed by atoms with Crippen LogP contribution < -0.4 is 5.32 Å². The van der Waals surface area contributed by atoms with Gasteiger partial charge < -0.3 is 0 Å². The normalized spacial score (nSPS) is 31.7. The molecule has 1 rings (SSSR count). The molecule has 0 radical (unpaired) electrons. The molecular formula is C4H8ClNS. The minimum Gasteiger partial charge on any atom is -0.286 e. The van der Waals surface area contributed by atoms with Crippen LogP contribution in [-0.2, 0) is 0 Å². The summed E-state index contributed by atoms with van der Waals surface area (Å²) in [6.07, 6.45) is 0. The summed E-state index contributed by atoms with van der Waals surface area (Å²) in [5, 5.41) is 3.17. The van der Waals surface area contributed by atoms with Gasteiger partial charge in [0.05, 0.1) is 0 Å². The first-order valence-electron chi connectivity index (χ1n) is 2.25. The molecule has 1 N–H and O–H groups in total. The van der Waals surface area contributed by atoms with Crippen molar-refractivity contribution in [1.82, 2.24) is 5.32 Å². The average Bonchev–Trinajstić information content (AvgIpc) is 1.91. The summed E-state index contributed by atoms with van der Waals surface area (Å²) in [6.45, 7) is 3.11. The number of hydrogen-bond acceptors (Lipinski definition) is 1. The van der Waals surface area contributed by atoms with Crippen LogP contribution in [0.4, 0.5) is 0 Å². The summed E-state index contributed by atoms with van der Waals surface area (Å²) < 4.78 is 0. The standard InChI is InChI=1S/C4H8ClNS/c1-4-6-2-3-7(4)5/h6H,2-3H2,1H3. The molecule has 0 aromatic rings. The Morgan fingerprint density at radius 1 is 1.86 bits per heavy atom. The van der Waals surface area contributed by atoms with Crippen LogP contribution in [-0.4, -0.2) is 17.3 Å². The lowest BCUT2D eigenvalue weighted by atomic mass is 10.7. The number of rotatable bonds is 0. The molecule has 1 nitrogen and oxygen atoms in total. The summed E-state index contributed by atoms with van der Waals surface area (Å²) in [5.74, 6) is 1.12. The van der Waals surface area contributed by atoms with Gasteiger partial charge in [0.25, 0.3) is 0 Å². The van der Waals surface area contributed by atoms with Gasteiger partial charge in [-0.1, -0.05) is 20.4 Å². The van der Waals surface area contributed by atoms with Gasteiger partial charge >= 0.3 is 0 Å². The Morgan fingerprint density at radius 3 is 2.71 bits per heavy atom. The third-order valence-electron chi connectivity index (χ3n) is 0.987. The molecule has 1 heterocycles. The highest BCUT2D eigenvalue weighted by Crippen LogP contribution is 2.22. The van der Waals surface area contributed by atoms with E-state index in [1.54, 1.807) is 0 Å². The van der Waals surface area contributed by atoms with E-state index < -0.39 is 0 Å². The summed E-state index contributed by atoms with van der Waals surface area (Å²) >= 11 is 0. The topological polar surface area (TPSA) is 12.0 Å². The molecule has 0 saturated carbocycles. The molecule has 0 spiro atoms. The Kier molecular flexibility index (Phi) is 1.73. The SMILES string of the molecule is CC1=S(Cl)CCN1. The molecular weight excluding hydrogens is 130 g/mol. The van der Waals surface area contributed by atoms with Crippen molar-refractivity contribution in [2.45, 2.75) is 6.92 Å². The van der Waals surface area contributed by atoms with Crippen LogP contribution in [0.15, 0.2) is 0 Å². The molecule has 0 aromatic carbocycles. The van der Waals surface area contributed by atoms with Crippen LogP contribution in [0.5, 0.6) is 0 Å². The average molecular weight is 138 g/mol. The van der Waals surface area contributed by atoms with Crippen molar-refractivity contribution < 1.29 is 0 Å². The van der Waals surface area contributed by atoms with Gasteiger partial charge in [0.2, 0.25) is 0 Å². The van der Waals surface area contributed by atoms with Crippen LogP contribution in [0.25, 0.3) is 0 Å². The fourth-order valence-electron chi connectivity index (χ4n) is 0.548. The number of halogens is 1. The molecule has 0 bridgehead atoms. The van der Waals surface area contributed by atoms with Crippen LogP contribution in [0, 0.1) is 0 Å². The summed E-state index contributed by atoms with van der Waals surface area (Å²) in [4.78, 5) is 1.25. The number of hydrogen-bond donors (Lipinski definition) is 1. The van der Waals surface area contributed by atoms with Crippen LogP contribution >= 0.6 is 20.4 Å². The molecule has 1 unspecified atom stereocenters.